The van der Waals surface area contributed by atoms with Gasteiger partial charge in [0.2, 0.25) is 0 Å². The van der Waals surface area contributed by atoms with E-state index in [1.54, 1.807) is 7.05 Å². The molecule has 2 N–H and O–H groups in total. The summed E-state index contributed by atoms with van der Waals surface area (Å²) in [6, 6.07) is 18.4. The van der Waals surface area contributed by atoms with E-state index in [2.05, 4.69) is 46.8 Å². The normalized spacial score (nSPS) is 11.7. The lowest BCUT2D eigenvalue weighted by Gasteiger charge is -2.12. The molecule has 23 heavy (non-hydrogen) atoms. The molecule has 0 fully saturated rings. The van der Waals surface area contributed by atoms with Gasteiger partial charge in [0.1, 0.15) is 11.3 Å². The van der Waals surface area contributed by atoms with E-state index in [0.29, 0.717) is 6.54 Å². The van der Waals surface area contributed by atoms with Crippen molar-refractivity contribution >= 4 is 16.9 Å². The number of hydrogen-bond donors (Lipinski definition) is 2. The molecule has 0 aliphatic heterocycles. The Balaban J connectivity index is 1.58. The number of para-hydroxylation sites is 1. The van der Waals surface area contributed by atoms with Gasteiger partial charge in [0.15, 0.2) is 5.96 Å². The Labute approximate surface area is 136 Å². The van der Waals surface area contributed by atoms with E-state index in [4.69, 9.17) is 4.42 Å². The standard InChI is InChI=1S/C19H21N3O/c1-14-7-3-4-9-16(14)12-21-19(20-2)22-13-17-11-15-8-5-6-10-18(15)23-17/h3-11H,12-13H2,1-2H3,(H2,20,21,22). The van der Waals surface area contributed by atoms with Crippen molar-refractivity contribution in [1.29, 1.82) is 0 Å². The average Bonchev–Trinajstić information content (AvgIpc) is 2.99. The first-order valence-electron chi connectivity index (χ1n) is 7.73. The molecule has 1 aromatic heterocycles. The van der Waals surface area contributed by atoms with Gasteiger partial charge < -0.3 is 15.1 Å². The number of furan rings is 1. The molecule has 0 saturated carbocycles. The highest BCUT2D eigenvalue weighted by molar-refractivity contribution is 5.80. The van der Waals surface area contributed by atoms with E-state index < -0.39 is 0 Å². The van der Waals surface area contributed by atoms with Crippen LogP contribution in [0.3, 0.4) is 0 Å². The molecule has 0 spiro atoms. The molecule has 0 bridgehead atoms. The fourth-order valence-electron chi connectivity index (χ4n) is 2.50. The fourth-order valence-corrected chi connectivity index (χ4v) is 2.50. The molecule has 118 valence electrons. The van der Waals surface area contributed by atoms with Crippen molar-refractivity contribution in [2.24, 2.45) is 4.99 Å². The van der Waals surface area contributed by atoms with Crippen molar-refractivity contribution in [2.75, 3.05) is 7.05 Å². The first-order chi connectivity index (χ1) is 11.3. The van der Waals surface area contributed by atoms with Crippen LogP contribution in [0.25, 0.3) is 11.0 Å². The lowest BCUT2D eigenvalue weighted by atomic mass is 10.1. The number of aryl methyl sites for hydroxylation is 1. The lowest BCUT2D eigenvalue weighted by molar-refractivity contribution is 0.538. The molecular weight excluding hydrogens is 286 g/mol. The number of aliphatic imine (C=N–C) groups is 1. The van der Waals surface area contributed by atoms with Gasteiger partial charge in [0.05, 0.1) is 6.54 Å². The summed E-state index contributed by atoms with van der Waals surface area (Å²) >= 11 is 0. The van der Waals surface area contributed by atoms with Crippen LogP contribution in [-0.4, -0.2) is 13.0 Å². The van der Waals surface area contributed by atoms with E-state index in [-0.39, 0.29) is 0 Å². The van der Waals surface area contributed by atoms with Gasteiger partial charge in [-0.2, -0.15) is 0 Å². The van der Waals surface area contributed by atoms with Crippen LogP contribution in [0.4, 0.5) is 0 Å². The predicted molar refractivity (Wildman–Crippen MR) is 94.4 cm³/mol. The highest BCUT2D eigenvalue weighted by Crippen LogP contribution is 2.18. The summed E-state index contributed by atoms with van der Waals surface area (Å²) in [5.74, 6) is 1.65. The molecule has 4 heteroatoms. The summed E-state index contributed by atoms with van der Waals surface area (Å²) in [5, 5.41) is 7.73. The van der Waals surface area contributed by atoms with Crippen molar-refractivity contribution in [3.63, 3.8) is 0 Å². The van der Waals surface area contributed by atoms with E-state index in [9.17, 15) is 0 Å². The topological polar surface area (TPSA) is 49.6 Å². The van der Waals surface area contributed by atoms with Gasteiger partial charge in [0, 0.05) is 19.0 Å². The second kappa shape index (κ2) is 7.01. The van der Waals surface area contributed by atoms with Crippen LogP contribution in [0, 0.1) is 6.92 Å². The Hall–Kier alpha value is -2.75. The smallest absolute Gasteiger partial charge is 0.191 e. The zero-order valence-electron chi connectivity index (χ0n) is 13.5. The number of rotatable bonds is 4. The lowest BCUT2D eigenvalue weighted by Crippen LogP contribution is -2.36. The second-order valence-electron chi connectivity index (χ2n) is 5.46. The molecule has 0 saturated heterocycles. The monoisotopic (exact) mass is 307 g/mol. The van der Waals surface area contributed by atoms with Crippen LogP contribution >= 0.6 is 0 Å². The summed E-state index contributed by atoms with van der Waals surface area (Å²) in [4.78, 5) is 4.25. The van der Waals surface area contributed by atoms with Crippen molar-refractivity contribution in [3.05, 3.63) is 71.5 Å². The maximum atomic E-state index is 5.80. The molecule has 3 rings (SSSR count). The van der Waals surface area contributed by atoms with E-state index in [0.717, 1.165) is 29.2 Å². The van der Waals surface area contributed by atoms with Gasteiger partial charge in [0.25, 0.3) is 0 Å². The molecule has 3 aromatic rings. The summed E-state index contributed by atoms with van der Waals surface area (Å²) < 4.78 is 5.80. The van der Waals surface area contributed by atoms with Gasteiger partial charge in [-0.25, -0.2) is 0 Å². The molecule has 0 atom stereocenters. The third-order valence-corrected chi connectivity index (χ3v) is 3.84. The van der Waals surface area contributed by atoms with Crippen LogP contribution in [0.5, 0.6) is 0 Å². The Morgan fingerprint density at radius 1 is 1.00 bits per heavy atom. The number of nitrogens with zero attached hydrogens (tertiary/aromatic N) is 1. The fraction of sp³-hybridized carbons (Fsp3) is 0.211. The summed E-state index contributed by atoms with van der Waals surface area (Å²) in [7, 11) is 1.77. The molecular formula is C19H21N3O. The van der Waals surface area contributed by atoms with Gasteiger partial charge in [-0.15, -0.1) is 0 Å². The van der Waals surface area contributed by atoms with Crippen LogP contribution in [-0.2, 0) is 13.1 Å². The maximum absolute atomic E-state index is 5.80. The SMILES string of the molecule is CN=C(NCc1cc2ccccc2o1)NCc1ccccc1C. The molecule has 0 aliphatic rings. The third kappa shape index (κ3) is 3.72. The zero-order valence-corrected chi connectivity index (χ0v) is 13.5. The quantitative estimate of drug-likeness (QED) is 0.572. The van der Waals surface area contributed by atoms with Crippen molar-refractivity contribution in [1.82, 2.24) is 10.6 Å². The summed E-state index contributed by atoms with van der Waals surface area (Å²) in [5.41, 5.74) is 3.44. The number of benzene rings is 2. The number of nitrogens with one attached hydrogen (secondary N) is 2. The summed E-state index contributed by atoms with van der Waals surface area (Å²) in [6.45, 7) is 3.45. The molecule has 0 aliphatic carbocycles. The average molecular weight is 307 g/mol. The van der Waals surface area contributed by atoms with Crippen LogP contribution in [0.15, 0.2) is 64.0 Å². The van der Waals surface area contributed by atoms with Gasteiger partial charge in [-0.05, 0) is 30.2 Å². The van der Waals surface area contributed by atoms with Crippen molar-refractivity contribution < 1.29 is 4.42 Å². The Bertz CT molecular complexity index is 787. The van der Waals surface area contributed by atoms with Crippen LogP contribution < -0.4 is 10.6 Å². The highest BCUT2D eigenvalue weighted by atomic mass is 16.3. The van der Waals surface area contributed by atoms with Gasteiger partial charge in [-0.1, -0.05) is 42.5 Å². The largest absolute Gasteiger partial charge is 0.459 e. The predicted octanol–water partition coefficient (Wildman–Crippen LogP) is 3.61. The molecule has 0 unspecified atom stereocenters. The maximum Gasteiger partial charge on any atom is 0.191 e. The van der Waals surface area contributed by atoms with Crippen molar-refractivity contribution in [3.8, 4) is 0 Å². The van der Waals surface area contributed by atoms with E-state index in [1.165, 1.54) is 11.1 Å². The van der Waals surface area contributed by atoms with Crippen molar-refractivity contribution in [2.45, 2.75) is 20.0 Å². The Morgan fingerprint density at radius 3 is 2.52 bits per heavy atom. The van der Waals surface area contributed by atoms with Crippen LogP contribution in [0.2, 0.25) is 0 Å². The minimum Gasteiger partial charge on any atom is -0.459 e. The molecule has 4 nitrogen and oxygen atoms in total. The number of hydrogen-bond acceptors (Lipinski definition) is 2. The minimum absolute atomic E-state index is 0.599. The highest BCUT2D eigenvalue weighted by Gasteiger charge is 2.05. The molecule has 0 radical (unpaired) electrons. The molecule has 2 aromatic carbocycles. The zero-order chi connectivity index (χ0) is 16.1. The summed E-state index contributed by atoms with van der Waals surface area (Å²) in [6.07, 6.45) is 0. The Morgan fingerprint density at radius 2 is 1.74 bits per heavy atom. The molecule has 0 amide bonds. The first-order valence-corrected chi connectivity index (χ1v) is 7.73. The number of fused-ring (bicyclic) bond motifs is 1. The van der Waals surface area contributed by atoms with E-state index in [1.807, 2.05) is 30.3 Å². The van der Waals surface area contributed by atoms with Gasteiger partial charge >= 0.3 is 0 Å². The van der Waals surface area contributed by atoms with E-state index >= 15 is 0 Å². The second-order valence-corrected chi connectivity index (χ2v) is 5.46. The molecule has 1 heterocycles. The van der Waals surface area contributed by atoms with Crippen LogP contribution in [0.1, 0.15) is 16.9 Å². The third-order valence-electron chi connectivity index (χ3n) is 3.84. The number of guanidine groups is 1. The van der Waals surface area contributed by atoms with Gasteiger partial charge in [-0.3, -0.25) is 4.99 Å². The Kier molecular flexibility index (Phi) is 4.62. The minimum atomic E-state index is 0.599. The first kappa shape index (κ1) is 15.2.